The highest BCUT2D eigenvalue weighted by atomic mass is 16.4. The van der Waals surface area contributed by atoms with Crippen LogP contribution in [0.5, 0.6) is 0 Å². The highest BCUT2D eigenvalue weighted by molar-refractivity contribution is 5.76. The largest absolute Gasteiger partial charge is 0.481 e. The fourth-order valence-corrected chi connectivity index (χ4v) is 2.78. The van der Waals surface area contributed by atoms with E-state index in [1.165, 1.54) is 0 Å². The first-order valence-corrected chi connectivity index (χ1v) is 7.44. The summed E-state index contributed by atoms with van der Waals surface area (Å²) in [4.78, 5) is 23.0. The third kappa shape index (κ3) is 6.26. The summed E-state index contributed by atoms with van der Waals surface area (Å²) in [5.74, 6) is -0.731. The lowest BCUT2D eigenvalue weighted by atomic mass is 9.84. The molecule has 0 aliphatic heterocycles. The van der Waals surface area contributed by atoms with Crippen molar-refractivity contribution >= 4 is 12.0 Å². The van der Waals surface area contributed by atoms with Crippen LogP contribution in [-0.2, 0) is 4.79 Å². The van der Waals surface area contributed by atoms with Crippen molar-refractivity contribution in [3.05, 3.63) is 0 Å². The molecule has 116 valence electrons. The third-order valence-electron chi connectivity index (χ3n) is 3.75. The number of hydrogen-bond donors (Lipinski definition) is 3. The maximum Gasteiger partial charge on any atom is 0.315 e. The molecular formula is C15H28N2O3. The molecule has 0 bridgehead atoms. The molecule has 20 heavy (non-hydrogen) atoms. The van der Waals surface area contributed by atoms with Crippen molar-refractivity contribution < 1.29 is 14.7 Å². The number of carbonyl (C=O) groups excluding carboxylic acids is 1. The van der Waals surface area contributed by atoms with Crippen molar-refractivity contribution in [2.24, 2.45) is 17.3 Å². The first kappa shape index (κ1) is 16.8. The Hall–Kier alpha value is -1.26. The van der Waals surface area contributed by atoms with E-state index in [1.54, 1.807) is 0 Å². The van der Waals surface area contributed by atoms with Gasteiger partial charge in [0.15, 0.2) is 0 Å². The monoisotopic (exact) mass is 284 g/mol. The van der Waals surface area contributed by atoms with Gasteiger partial charge in [-0.15, -0.1) is 0 Å². The standard InChI is InChI=1S/C15H28N2O3/c1-10-5-6-12(7-10)17-14(20)16-9-11(13(18)19)8-15(2,3)4/h10-12H,5-9H2,1-4H3,(H,18,19)(H2,16,17,20). The third-order valence-corrected chi connectivity index (χ3v) is 3.75. The number of carbonyl (C=O) groups is 2. The molecule has 0 saturated heterocycles. The maximum atomic E-state index is 11.8. The number of carboxylic acids is 1. The predicted octanol–water partition coefficient (Wildman–Crippen LogP) is 2.61. The highest BCUT2D eigenvalue weighted by Crippen LogP contribution is 2.25. The van der Waals surface area contributed by atoms with Gasteiger partial charge >= 0.3 is 12.0 Å². The van der Waals surface area contributed by atoms with Crippen LogP contribution in [0.15, 0.2) is 0 Å². The molecule has 0 radical (unpaired) electrons. The van der Waals surface area contributed by atoms with E-state index in [-0.39, 0.29) is 24.0 Å². The lowest BCUT2D eigenvalue weighted by Gasteiger charge is -2.23. The number of aliphatic carboxylic acids is 1. The summed E-state index contributed by atoms with van der Waals surface area (Å²) < 4.78 is 0. The summed E-state index contributed by atoms with van der Waals surface area (Å²) in [7, 11) is 0. The normalized spacial score (nSPS) is 24.2. The number of urea groups is 1. The van der Waals surface area contributed by atoms with Gasteiger partial charge in [-0.25, -0.2) is 4.79 Å². The summed E-state index contributed by atoms with van der Waals surface area (Å²) in [5.41, 5.74) is -0.0674. The minimum Gasteiger partial charge on any atom is -0.481 e. The molecule has 5 nitrogen and oxygen atoms in total. The van der Waals surface area contributed by atoms with Crippen molar-refractivity contribution in [3.8, 4) is 0 Å². The van der Waals surface area contributed by atoms with Crippen LogP contribution in [0.4, 0.5) is 4.79 Å². The zero-order valence-electron chi connectivity index (χ0n) is 13.0. The van der Waals surface area contributed by atoms with Crippen LogP contribution in [0.1, 0.15) is 53.4 Å². The minimum absolute atomic E-state index is 0.0674. The van der Waals surface area contributed by atoms with E-state index in [1.807, 2.05) is 20.8 Å². The Morgan fingerprint density at radius 3 is 2.40 bits per heavy atom. The number of rotatable bonds is 5. The van der Waals surface area contributed by atoms with Crippen molar-refractivity contribution in [1.29, 1.82) is 0 Å². The summed E-state index contributed by atoms with van der Waals surface area (Å²) in [6.07, 6.45) is 3.71. The van der Waals surface area contributed by atoms with E-state index in [4.69, 9.17) is 0 Å². The summed E-state index contributed by atoms with van der Waals surface area (Å²) in [6, 6.07) is -0.0137. The number of nitrogens with one attached hydrogen (secondary N) is 2. The highest BCUT2D eigenvalue weighted by Gasteiger charge is 2.26. The average Bonchev–Trinajstić information content (AvgIpc) is 2.68. The van der Waals surface area contributed by atoms with E-state index in [2.05, 4.69) is 17.6 Å². The van der Waals surface area contributed by atoms with Gasteiger partial charge in [-0.2, -0.15) is 0 Å². The molecule has 0 aromatic heterocycles. The second-order valence-corrected chi connectivity index (χ2v) is 7.27. The number of hydrogen-bond acceptors (Lipinski definition) is 2. The molecule has 1 rings (SSSR count). The fourth-order valence-electron chi connectivity index (χ4n) is 2.78. The topological polar surface area (TPSA) is 78.4 Å². The van der Waals surface area contributed by atoms with E-state index < -0.39 is 11.9 Å². The molecule has 5 heteroatoms. The molecule has 3 unspecified atom stereocenters. The van der Waals surface area contributed by atoms with Crippen LogP contribution < -0.4 is 10.6 Å². The molecule has 3 atom stereocenters. The van der Waals surface area contributed by atoms with Gasteiger partial charge in [-0.1, -0.05) is 27.7 Å². The van der Waals surface area contributed by atoms with Gasteiger partial charge in [0, 0.05) is 12.6 Å². The quantitative estimate of drug-likeness (QED) is 0.726. The molecule has 2 amide bonds. The van der Waals surface area contributed by atoms with Gasteiger partial charge in [0.1, 0.15) is 0 Å². The van der Waals surface area contributed by atoms with Crippen LogP contribution in [0.2, 0.25) is 0 Å². The molecule has 0 aromatic carbocycles. The Morgan fingerprint density at radius 1 is 1.30 bits per heavy atom. The van der Waals surface area contributed by atoms with Crippen LogP contribution in [0.3, 0.4) is 0 Å². The van der Waals surface area contributed by atoms with Crippen molar-refractivity contribution in [2.75, 3.05) is 6.54 Å². The maximum absolute atomic E-state index is 11.8. The molecule has 1 fully saturated rings. The van der Waals surface area contributed by atoms with Crippen molar-refractivity contribution in [2.45, 2.75) is 59.4 Å². The molecule has 1 saturated carbocycles. The second-order valence-electron chi connectivity index (χ2n) is 7.27. The van der Waals surface area contributed by atoms with E-state index >= 15 is 0 Å². The molecular weight excluding hydrogens is 256 g/mol. The SMILES string of the molecule is CC1CCC(NC(=O)NCC(CC(C)(C)C)C(=O)O)C1. The van der Waals surface area contributed by atoms with Crippen LogP contribution in [0, 0.1) is 17.3 Å². The Balaban J connectivity index is 2.35. The summed E-state index contributed by atoms with van der Waals surface area (Å²) in [5, 5.41) is 14.8. The van der Waals surface area contributed by atoms with E-state index in [9.17, 15) is 14.7 Å². The van der Waals surface area contributed by atoms with Crippen molar-refractivity contribution in [3.63, 3.8) is 0 Å². The number of carboxylic acid groups (broad SMARTS) is 1. The van der Waals surface area contributed by atoms with E-state index in [0.717, 1.165) is 19.3 Å². The zero-order valence-corrected chi connectivity index (χ0v) is 13.0. The Bertz CT molecular complexity index is 350. The van der Waals surface area contributed by atoms with Crippen molar-refractivity contribution in [1.82, 2.24) is 10.6 Å². The first-order valence-electron chi connectivity index (χ1n) is 7.44. The first-order chi connectivity index (χ1) is 9.17. The smallest absolute Gasteiger partial charge is 0.315 e. The summed E-state index contributed by atoms with van der Waals surface area (Å²) in [6.45, 7) is 8.37. The van der Waals surface area contributed by atoms with Gasteiger partial charge in [0.2, 0.25) is 0 Å². The fraction of sp³-hybridized carbons (Fsp3) is 0.867. The summed E-state index contributed by atoms with van der Waals surface area (Å²) >= 11 is 0. The van der Waals surface area contributed by atoms with Crippen LogP contribution in [-0.4, -0.2) is 29.7 Å². The minimum atomic E-state index is -0.852. The Kier molecular flexibility index (Phi) is 5.84. The molecule has 3 N–H and O–H groups in total. The predicted molar refractivity (Wildman–Crippen MR) is 78.5 cm³/mol. The van der Waals surface area contributed by atoms with Gasteiger partial charge in [0.05, 0.1) is 5.92 Å². The van der Waals surface area contributed by atoms with Gasteiger partial charge in [-0.05, 0) is 37.0 Å². The second kappa shape index (κ2) is 6.95. The molecule has 0 aromatic rings. The lowest BCUT2D eigenvalue weighted by Crippen LogP contribution is -2.44. The van der Waals surface area contributed by atoms with Crippen LogP contribution in [0.25, 0.3) is 0 Å². The molecule has 0 heterocycles. The Morgan fingerprint density at radius 2 is 1.95 bits per heavy atom. The average molecular weight is 284 g/mol. The molecule has 0 spiro atoms. The van der Waals surface area contributed by atoms with E-state index in [0.29, 0.717) is 12.3 Å². The van der Waals surface area contributed by atoms with Gasteiger partial charge in [0.25, 0.3) is 0 Å². The molecule has 1 aliphatic carbocycles. The zero-order chi connectivity index (χ0) is 15.3. The molecule has 1 aliphatic rings. The van der Waals surface area contributed by atoms with Gasteiger partial charge < -0.3 is 15.7 Å². The van der Waals surface area contributed by atoms with Gasteiger partial charge in [-0.3, -0.25) is 4.79 Å². The number of amides is 2. The van der Waals surface area contributed by atoms with Crippen LogP contribution >= 0.6 is 0 Å². The Labute approximate surface area is 121 Å². The lowest BCUT2D eigenvalue weighted by molar-refractivity contribution is -0.142.